The minimum Gasteiger partial charge on any atom is -0.381 e. The van der Waals surface area contributed by atoms with Crippen molar-refractivity contribution in [2.45, 2.75) is 56.5 Å². The second kappa shape index (κ2) is 8.24. The van der Waals surface area contributed by atoms with Crippen molar-refractivity contribution in [3.05, 3.63) is 29.6 Å². The molecule has 8 heteroatoms. The SMILES string of the molecule is CC(=O)N(C1CCOCC1)C1CCN(S(=O)(=O)c2ccc(C)c(F)c2)CC1. The topological polar surface area (TPSA) is 66.9 Å². The molecule has 0 saturated carbocycles. The second-order valence-electron chi connectivity index (χ2n) is 7.32. The predicted octanol–water partition coefficient (Wildman–Crippen LogP) is 2.31. The van der Waals surface area contributed by atoms with Crippen LogP contribution in [0.4, 0.5) is 4.39 Å². The number of benzene rings is 1. The van der Waals surface area contributed by atoms with E-state index in [0.29, 0.717) is 44.7 Å². The molecule has 0 N–H and O–H groups in total. The molecule has 0 spiro atoms. The Morgan fingerprint density at radius 3 is 2.30 bits per heavy atom. The molecule has 0 aliphatic carbocycles. The summed E-state index contributed by atoms with van der Waals surface area (Å²) < 4.78 is 46.2. The average Bonchev–Trinajstić information content (AvgIpc) is 2.65. The van der Waals surface area contributed by atoms with Crippen molar-refractivity contribution >= 4 is 15.9 Å². The zero-order valence-electron chi connectivity index (χ0n) is 15.9. The van der Waals surface area contributed by atoms with E-state index in [1.807, 2.05) is 4.90 Å². The molecular weight excluding hydrogens is 371 g/mol. The standard InChI is InChI=1S/C19H27FN2O4S/c1-14-3-4-18(13-19(14)20)27(24,25)21-9-5-16(6-10-21)22(15(2)23)17-7-11-26-12-8-17/h3-4,13,16-17H,5-12H2,1-2H3. The van der Waals surface area contributed by atoms with Gasteiger partial charge in [0.15, 0.2) is 0 Å². The van der Waals surface area contributed by atoms with Crippen molar-refractivity contribution in [1.82, 2.24) is 9.21 Å². The van der Waals surface area contributed by atoms with Gasteiger partial charge in [0.05, 0.1) is 4.90 Å². The van der Waals surface area contributed by atoms with Gasteiger partial charge in [0, 0.05) is 45.3 Å². The summed E-state index contributed by atoms with van der Waals surface area (Å²) in [5.74, 6) is -0.489. The van der Waals surface area contributed by atoms with Gasteiger partial charge in [-0.2, -0.15) is 4.31 Å². The fraction of sp³-hybridized carbons (Fsp3) is 0.632. The van der Waals surface area contributed by atoms with E-state index in [4.69, 9.17) is 4.74 Å². The van der Waals surface area contributed by atoms with Crippen LogP contribution in [0, 0.1) is 12.7 Å². The van der Waals surface area contributed by atoms with E-state index in [1.165, 1.54) is 16.4 Å². The Hall–Kier alpha value is -1.51. The predicted molar refractivity (Wildman–Crippen MR) is 99.3 cm³/mol. The minimum absolute atomic E-state index is 0.0168. The van der Waals surface area contributed by atoms with Crippen LogP contribution < -0.4 is 0 Å². The van der Waals surface area contributed by atoms with Crippen LogP contribution in [0.25, 0.3) is 0 Å². The molecule has 2 aliphatic heterocycles. The molecule has 0 atom stereocenters. The van der Waals surface area contributed by atoms with Crippen LogP contribution in [0.2, 0.25) is 0 Å². The number of nitrogens with zero attached hydrogens (tertiary/aromatic N) is 2. The number of ether oxygens (including phenoxy) is 1. The Bertz CT molecular complexity index is 785. The highest BCUT2D eigenvalue weighted by Gasteiger charge is 2.35. The molecular formula is C19H27FN2O4S. The number of sulfonamides is 1. The number of aryl methyl sites for hydroxylation is 1. The third kappa shape index (κ3) is 4.33. The van der Waals surface area contributed by atoms with Gasteiger partial charge in [0.25, 0.3) is 0 Å². The van der Waals surface area contributed by atoms with E-state index in [9.17, 15) is 17.6 Å². The first-order chi connectivity index (χ1) is 12.8. The van der Waals surface area contributed by atoms with Crippen LogP contribution >= 0.6 is 0 Å². The smallest absolute Gasteiger partial charge is 0.243 e. The monoisotopic (exact) mass is 398 g/mol. The number of rotatable bonds is 4. The maximum absolute atomic E-state index is 13.8. The molecule has 2 aliphatic rings. The highest BCUT2D eigenvalue weighted by Crippen LogP contribution is 2.27. The molecule has 1 aromatic carbocycles. The molecule has 1 amide bonds. The van der Waals surface area contributed by atoms with Crippen molar-refractivity contribution < 1.29 is 22.3 Å². The summed E-state index contributed by atoms with van der Waals surface area (Å²) in [5, 5.41) is 0. The summed E-state index contributed by atoms with van der Waals surface area (Å²) in [4.78, 5) is 14.1. The first-order valence-electron chi connectivity index (χ1n) is 9.43. The lowest BCUT2D eigenvalue weighted by atomic mass is 9.99. The molecule has 2 heterocycles. The van der Waals surface area contributed by atoms with Gasteiger partial charge in [-0.3, -0.25) is 4.79 Å². The largest absolute Gasteiger partial charge is 0.381 e. The van der Waals surface area contributed by atoms with Crippen LogP contribution in [-0.2, 0) is 19.6 Å². The van der Waals surface area contributed by atoms with Gasteiger partial charge in [-0.1, -0.05) is 6.07 Å². The summed E-state index contributed by atoms with van der Waals surface area (Å²) in [6, 6.07) is 4.21. The first kappa shape index (κ1) is 20.2. The number of hydrogen-bond acceptors (Lipinski definition) is 4. The second-order valence-corrected chi connectivity index (χ2v) is 9.25. The minimum atomic E-state index is -3.73. The molecule has 2 fully saturated rings. The quantitative estimate of drug-likeness (QED) is 0.781. The number of carbonyl (C=O) groups is 1. The van der Waals surface area contributed by atoms with Crippen molar-refractivity contribution in [1.29, 1.82) is 0 Å². The van der Waals surface area contributed by atoms with Crippen molar-refractivity contribution in [3.8, 4) is 0 Å². The molecule has 0 bridgehead atoms. The van der Waals surface area contributed by atoms with Gasteiger partial charge in [0.2, 0.25) is 15.9 Å². The number of carbonyl (C=O) groups excluding carboxylic acids is 1. The Kier molecular flexibility index (Phi) is 6.18. The maximum Gasteiger partial charge on any atom is 0.243 e. The van der Waals surface area contributed by atoms with Crippen molar-refractivity contribution in [2.75, 3.05) is 26.3 Å². The van der Waals surface area contributed by atoms with Crippen LogP contribution in [0.5, 0.6) is 0 Å². The van der Waals surface area contributed by atoms with E-state index in [-0.39, 0.29) is 22.9 Å². The van der Waals surface area contributed by atoms with Gasteiger partial charge in [0.1, 0.15) is 5.82 Å². The zero-order chi connectivity index (χ0) is 19.6. The fourth-order valence-electron chi connectivity index (χ4n) is 4.02. The summed E-state index contributed by atoms with van der Waals surface area (Å²) in [6.07, 6.45) is 2.82. The Balaban J connectivity index is 1.69. The number of hydrogen-bond donors (Lipinski definition) is 0. The normalized spacial score (nSPS) is 20.6. The molecule has 0 radical (unpaired) electrons. The number of piperidine rings is 1. The van der Waals surface area contributed by atoms with Gasteiger partial charge in [-0.15, -0.1) is 0 Å². The molecule has 1 aromatic rings. The first-order valence-corrected chi connectivity index (χ1v) is 10.9. The van der Waals surface area contributed by atoms with Crippen LogP contribution in [0.3, 0.4) is 0 Å². The van der Waals surface area contributed by atoms with E-state index < -0.39 is 15.8 Å². The third-order valence-corrected chi connectivity index (χ3v) is 7.44. The summed E-state index contributed by atoms with van der Waals surface area (Å²) in [5.41, 5.74) is 0.418. The van der Waals surface area contributed by atoms with Gasteiger partial charge >= 0.3 is 0 Å². The lowest BCUT2D eigenvalue weighted by Crippen LogP contribution is -2.53. The maximum atomic E-state index is 13.8. The van der Waals surface area contributed by atoms with Crippen LogP contribution in [-0.4, -0.2) is 61.9 Å². The van der Waals surface area contributed by atoms with E-state index in [0.717, 1.165) is 18.9 Å². The summed E-state index contributed by atoms with van der Waals surface area (Å²) >= 11 is 0. The molecule has 3 rings (SSSR count). The number of halogens is 1. The average molecular weight is 399 g/mol. The fourth-order valence-corrected chi connectivity index (χ4v) is 5.50. The number of amides is 1. The highest BCUT2D eigenvalue weighted by molar-refractivity contribution is 7.89. The van der Waals surface area contributed by atoms with Crippen LogP contribution in [0.1, 0.15) is 38.2 Å². The lowest BCUT2D eigenvalue weighted by molar-refractivity contribution is -0.137. The Labute approximate surface area is 160 Å². The lowest BCUT2D eigenvalue weighted by Gasteiger charge is -2.43. The molecule has 0 unspecified atom stereocenters. The molecule has 150 valence electrons. The van der Waals surface area contributed by atoms with Gasteiger partial charge in [-0.05, 0) is 50.3 Å². The molecule has 0 aromatic heterocycles. The van der Waals surface area contributed by atoms with Crippen LogP contribution in [0.15, 0.2) is 23.1 Å². The van der Waals surface area contributed by atoms with Gasteiger partial charge < -0.3 is 9.64 Å². The van der Waals surface area contributed by atoms with Crippen molar-refractivity contribution in [3.63, 3.8) is 0 Å². The molecule has 27 heavy (non-hydrogen) atoms. The Morgan fingerprint density at radius 2 is 1.74 bits per heavy atom. The summed E-state index contributed by atoms with van der Waals surface area (Å²) in [7, 11) is -3.73. The summed E-state index contributed by atoms with van der Waals surface area (Å²) in [6.45, 7) is 5.14. The molecule has 6 nitrogen and oxygen atoms in total. The van der Waals surface area contributed by atoms with E-state index >= 15 is 0 Å². The van der Waals surface area contributed by atoms with E-state index in [2.05, 4.69) is 0 Å². The third-order valence-electron chi connectivity index (χ3n) is 5.55. The zero-order valence-corrected chi connectivity index (χ0v) is 16.7. The Morgan fingerprint density at radius 1 is 1.15 bits per heavy atom. The molecule has 2 saturated heterocycles. The highest BCUT2D eigenvalue weighted by atomic mass is 32.2. The van der Waals surface area contributed by atoms with Crippen molar-refractivity contribution in [2.24, 2.45) is 0 Å². The van der Waals surface area contributed by atoms with E-state index in [1.54, 1.807) is 13.8 Å². The van der Waals surface area contributed by atoms with Gasteiger partial charge in [-0.25, -0.2) is 12.8 Å².